The first-order chi connectivity index (χ1) is 9.11. The number of anilines is 1. The second-order valence-corrected chi connectivity index (χ2v) is 5.65. The Morgan fingerprint density at radius 3 is 2.74 bits per heavy atom. The van der Waals surface area contributed by atoms with Gasteiger partial charge in [0.2, 0.25) is 0 Å². The molecule has 100 valence electrons. The average molecular weight is 294 g/mol. The maximum absolute atomic E-state index is 6.17. The van der Waals surface area contributed by atoms with Crippen LogP contribution in [-0.2, 0) is 5.75 Å². The van der Waals surface area contributed by atoms with Gasteiger partial charge in [0, 0.05) is 21.9 Å². The molecule has 19 heavy (non-hydrogen) atoms. The molecule has 0 unspecified atom stereocenters. The molecule has 0 radical (unpaired) electrons. The Morgan fingerprint density at radius 1 is 1.26 bits per heavy atom. The van der Waals surface area contributed by atoms with E-state index in [-0.39, 0.29) is 0 Å². The van der Waals surface area contributed by atoms with Crippen LogP contribution in [0.25, 0.3) is 0 Å². The highest BCUT2D eigenvalue weighted by atomic mass is 35.5. The number of methoxy groups -OCH3 is 1. The Bertz CT molecular complexity index is 566. The normalized spacial score (nSPS) is 10.5. The summed E-state index contributed by atoms with van der Waals surface area (Å²) in [5, 5.41) is 0.691. The molecular formula is C15H16ClNOS. The van der Waals surface area contributed by atoms with E-state index in [1.807, 2.05) is 30.3 Å². The minimum absolute atomic E-state index is 0.691. The van der Waals surface area contributed by atoms with Gasteiger partial charge >= 0.3 is 0 Å². The number of hydrogen-bond acceptors (Lipinski definition) is 3. The number of halogens is 1. The highest BCUT2D eigenvalue weighted by Gasteiger charge is 2.08. The van der Waals surface area contributed by atoms with Gasteiger partial charge in [-0.2, -0.15) is 0 Å². The van der Waals surface area contributed by atoms with Crippen LogP contribution in [0.4, 0.5) is 5.69 Å². The minimum atomic E-state index is 0.691. The molecule has 0 aliphatic carbocycles. The monoisotopic (exact) mass is 293 g/mol. The summed E-state index contributed by atoms with van der Waals surface area (Å²) >= 11 is 7.80. The predicted molar refractivity (Wildman–Crippen MR) is 83.2 cm³/mol. The van der Waals surface area contributed by atoms with Gasteiger partial charge < -0.3 is 10.5 Å². The van der Waals surface area contributed by atoms with Crippen molar-refractivity contribution in [3.8, 4) is 5.75 Å². The fourth-order valence-corrected chi connectivity index (χ4v) is 3.16. The van der Waals surface area contributed by atoms with Crippen molar-refractivity contribution < 1.29 is 4.74 Å². The maximum Gasteiger partial charge on any atom is 0.122 e. The lowest BCUT2D eigenvalue weighted by Crippen LogP contribution is -1.93. The summed E-state index contributed by atoms with van der Waals surface area (Å²) in [6.45, 7) is 2.07. The van der Waals surface area contributed by atoms with Crippen LogP contribution in [0.1, 0.15) is 11.1 Å². The summed E-state index contributed by atoms with van der Waals surface area (Å²) in [4.78, 5) is 0.924. The second-order valence-electron chi connectivity index (χ2n) is 4.26. The average Bonchev–Trinajstić information content (AvgIpc) is 2.38. The molecule has 0 heterocycles. The molecule has 0 bridgehead atoms. The molecule has 0 amide bonds. The third-order valence-electron chi connectivity index (χ3n) is 2.81. The van der Waals surface area contributed by atoms with Gasteiger partial charge in [-0.3, -0.25) is 0 Å². The molecule has 0 aromatic heterocycles. The van der Waals surface area contributed by atoms with Crippen LogP contribution in [0.15, 0.2) is 41.3 Å². The van der Waals surface area contributed by atoms with E-state index in [1.165, 1.54) is 5.56 Å². The molecule has 0 atom stereocenters. The van der Waals surface area contributed by atoms with E-state index in [0.717, 1.165) is 22.0 Å². The van der Waals surface area contributed by atoms with Crippen molar-refractivity contribution >= 4 is 29.1 Å². The molecule has 2 nitrogen and oxygen atoms in total. The molecule has 0 fully saturated rings. The quantitative estimate of drug-likeness (QED) is 0.664. The summed E-state index contributed by atoms with van der Waals surface area (Å²) in [7, 11) is 1.68. The van der Waals surface area contributed by atoms with Gasteiger partial charge in [0.15, 0.2) is 0 Å². The van der Waals surface area contributed by atoms with Crippen molar-refractivity contribution in [2.45, 2.75) is 17.6 Å². The largest absolute Gasteiger partial charge is 0.496 e. The van der Waals surface area contributed by atoms with E-state index in [4.69, 9.17) is 22.1 Å². The van der Waals surface area contributed by atoms with Crippen molar-refractivity contribution in [2.75, 3.05) is 12.8 Å². The Kier molecular flexibility index (Phi) is 4.61. The van der Waals surface area contributed by atoms with Gasteiger partial charge in [-0.05, 0) is 25.1 Å². The number of hydrogen-bond donors (Lipinski definition) is 1. The molecule has 0 saturated carbocycles. The standard InChI is InChI=1S/C15H16ClNOS/c1-10-6-7-14(18-2)11(8-10)9-19-15-12(16)4-3-5-13(15)17/h3-8H,9,17H2,1-2H3. The fourth-order valence-electron chi connectivity index (χ4n) is 1.85. The Morgan fingerprint density at radius 2 is 2.05 bits per heavy atom. The lowest BCUT2D eigenvalue weighted by atomic mass is 10.1. The van der Waals surface area contributed by atoms with Crippen molar-refractivity contribution in [2.24, 2.45) is 0 Å². The van der Waals surface area contributed by atoms with Crippen LogP contribution in [0.2, 0.25) is 5.02 Å². The number of benzene rings is 2. The lowest BCUT2D eigenvalue weighted by molar-refractivity contribution is 0.411. The number of ether oxygens (including phenoxy) is 1. The molecule has 2 aromatic rings. The first kappa shape index (κ1) is 14.1. The summed E-state index contributed by atoms with van der Waals surface area (Å²) in [6, 6.07) is 11.7. The summed E-state index contributed by atoms with van der Waals surface area (Å²) in [5.74, 6) is 1.67. The zero-order chi connectivity index (χ0) is 13.8. The summed E-state index contributed by atoms with van der Waals surface area (Å²) in [6.07, 6.45) is 0. The first-order valence-electron chi connectivity index (χ1n) is 5.92. The zero-order valence-corrected chi connectivity index (χ0v) is 12.5. The molecule has 2 aromatic carbocycles. The Hall–Kier alpha value is -1.32. The van der Waals surface area contributed by atoms with Crippen molar-refractivity contribution in [1.29, 1.82) is 0 Å². The highest BCUT2D eigenvalue weighted by Crippen LogP contribution is 2.36. The smallest absolute Gasteiger partial charge is 0.122 e. The van der Waals surface area contributed by atoms with E-state index in [1.54, 1.807) is 18.9 Å². The van der Waals surface area contributed by atoms with Crippen molar-refractivity contribution in [3.63, 3.8) is 0 Å². The lowest BCUT2D eigenvalue weighted by Gasteiger charge is -2.11. The molecule has 0 aliphatic heterocycles. The summed E-state index contributed by atoms with van der Waals surface area (Å²) < 4.78 is 5.37. The molecule has 0 spiro atoms. The van der Waals surface area contributed by atoms with Gasteiger partial charge in [0.05, 0.1) is 12.1 Å². The van der Waals surface area contributed by atoms with Crippen LogP contribution in [-0.4, -0.2) is 7.11 Å². The molecule has 2 rings (SSSR count). The summed E-state index contributed by atoms with van der Waals surface area (Å²) in [5.41, 5.74) is 9.02. The maximum atomic E-state index is 6.17. The van der Waals surface area contributed by atoms with Crippen LogP contribution >= 0.6 is 23.4 Å². The van der Waals surface area contributed by atoms with Crippen LogP contribution in [0.5, 0.6) is 5.75 Å². The van der Waals surface area contributed by atoms with E-state index in [2.05, 4.69) is 13.0 Å². The van der Waals surface area contributed by atoms with Crippen LogP contribution < -0.4 is 10.5 Å². The number of rotatable bonds is 4. The van der Waals surface area contributed by atoms with Gasteiger partial charge in [0.1, 0.15) is 5.75 Å². The van der Waals surface area contributed by atoms with Gasteiger partial charge in [0.25, 0.3) is 0 Å². The number of aryl methyl sites for hydroxylation is 1. The minimum Gasteiger partial charge on any atom is -0.496 e. The number of nitrogens with two attached hydrogens (primary N) is 1. The topological polar surface area (TPSA) is 35.2 Å². The third kappa shape index (κ3) is 3.37. The van der Waals surface area contributed by atoms with E-state index < -0.39 is 0 Å². The molecule has 2 N–H and O–H groups in total. The number of nitrogen functional groups attached to an aromatic ring is 1. The van der Waals surface area contributed by atoms with Gasteiger partial charge in [-0.1, -0.05) is 35.4 Å². The van der Waals surface area contributed by atoms with E-state index in [9.17, 15) is 0 Å². The predicted octanol–water partition coefficient (Wildman–Crippen LogP) is 4.53. The second kappa shape index (κ2) is 6.22. The zero-order valence-electron chi connectivity index (χ0n) is 10.9. The molecular weight excluding hydrogens is 278 g/mol. The van der Waals surface area contributed by atoms with Crippen molar-refractivity contribution in [1.82, 2.24) is 0 Å². The Labute approximate surface area is 122 Å². The SMILES string of the molecule is COc1ccc(C)cc1CSc1c(N)cccc1Cl. The van der Waals surface area contributed by atoms with Gasteiger partial charge in [-0.25, -0.2) is 0 Å². The van der Waals surface area contributed by atoms with Crippen LogP contribution in [0, 0.1) is 6.92 Å². The van der Waals surface area contributed by atoms with Gasteiger partial charge in [-0.15, -0.1) is 11.8 Å². The first-order valence-corrected chi connectivity index (χ1v) is 7.28. The molecule has 0 saturated heterocycles. The van der Waals surface area contributed by atoms with E-state index >= 15 is 0 Å². The fraction of sp³-hybridized carbons (Fsp3) is 0.200. The third-order valence-corrected chi connectivity index (χ3v) is 4.43. The van der Waals surface area contributed by atoms with Crippen molar-refractivity contribution in [3.05, 3.63) is 52.5 Å². The molecule has 4 heteroatoms. The van der Waals surface area contributed by atoms with E-state index in [0.29, 0.717) is 10.7 Å². The number of thioether (sulfide) groups is 1. The Balaban J connectivity index is 2.21. The van der Waals surface area contributed by atoms with Crippen LogP contribution in [0.3, 0.4) is 0 Å². The molecule has 0 aliphatic rings. The highest BCUT2D eigenvalue weighted by molar-refractivity contribution is 7.98.